The molecule has 1 atom stereocenters. The maximum Gasteiger partial charge on any atom is 3.00 e. The van der Waals surface area contributed by atoms with Gasteiger partial charge in [0.15, 0.2) is 0 Å². The van der Waals surface area contributed by atoms with E-state index in [2.05, 4.69) is 90.6 Å². The van der Waals surface area contributed by atoms with Crippen LogP contribution in [0.25, 0.3) is 0 Å². The van der Waals surface area contributed by atoms with Gasteiger partial charge in [-0.3, -0.25) is 6.08 Å². The Bertz CT molecular complexity index is 550. The van der Waals surface area contributed by atoms with Crippen molar-refractivity contribution in [2.45, 2.75) is 70.8 Å². The Hall–Kier alpha value is 0.604. The van der Waals surface area contributed by atoms with E-state index in [4.69, 9.17) is 0 Å². The van der Waals surface area contributed by atoms with Crippen molar-refractivity contribution >= 4 is 11.8 Å². The van der Waals surface area contributed by atoms with Crippen LogP contribution in [0.3, 0.4) is 0 Å². The minimum Gasteiger partial charge on any atom is -1.00 e. The first-order valence-corrected chi connectivity index (χ1v) is 8.74. The van der Waals surface area contributed by atoms with Gasteiger partial charge in [-0.05, 0) is 25.7 Å². The Kier molecular flexibility index (Phi) is 10.6. The SMILES string of the molecule is CC1=CCC(SC(C)(C)C)(C(C)(C)C2=[C-]CC=C2)C(C)=C1.[Cl-].[Cl-].[Ti+3]. The van der Waals surface area contributed by atoms with E-state index in [-0.39, 0.29) is 61.4 Å². The predicted molar refractivity (Wildman–Crippen MR) is 96.5 cm³/mol. The van der Waals surface area contributed by atoms with Gasteiger partial charge in [-0.25, -0.2) is 11.6 Å². The summed E-state index contributed by atoms with van der Waals surface area (Å²) in [6.07, 6.45) is 15.0. The van der Waals surface area contributed by atoms with E-state index in [0.717, 1.165) is 12.8 Å². The van der Waals surface area contributed by atoms with Crippen molar-refractivity contribution in [1.82, 2.24) is 0 Å². The van der Waals surface area contributed by atoms with Crippen LogP contribution >= 0.6 is 11.8 Å². The predicted octanol–water partition coefficient (Wildman–Crippen LogP) is 0.274. The van der Waals surface area contributed by atoms with Crippen molar-refractivity contribution in [2.75, 3.05) is 0 Å². The molecular formula is C20H29Cl2STi. The van der Waals surface area contributed by atoms with Crippen molar-refractivity contribution in [1.29, 1.82) is 0 Å². The van der Waals surface area contributed by atoms with Crippen molar-refractivity contribution in [3.05, 3.63) is 47.1 Å². The molecule has 0 aromatic carbocycles. The number of hydrogen-bond acceptors (Lipinski definition) is 1. The Labute approximate surface area is 180 Å². The Morgan fingerprint density at radius 3 is 2.08 bits per heavy atom. The monoisotopic (exact) mass is 419 g/mol. The van der Waals surface area contributed by atoms with Gasteiger partial charge in [0.2, 0.25) is 0 Å². The van der Waals surface area contributed by atoms with Gasteiger partial charge in [0.05, 0.1) is 0 Å². The summed E-state index contributed by atoms with van der Waals surface area (Å²) in [5.41, 5.74) is 4.35. The minimum atomic E-state index is 0. The largest absolute Gasteiger partial charge is 3.00 e. The maximum atomic E-state index is 3.58. The summed E-state index contributed by atoms with van der Waals surface area (Å²) in [4.78, 5) is 0. The first-order valence-electron chi connectivity index (χ1n) is 7.92. The molecule has 4 heteroatoms. The van der Waals surface area contributed by atoms with Crippen LogP contribution in [0.2, 0.25) is 0 Å². The average molecular weight is 420 g/mol. The van der Waals surface area contributed by atoms with E-state index < -0.39 is 0 Å². The molecule has 0 aromatic rings. The number of allylic oxidation sites excluding steroid dienone is 7. The van der Waals surface area contributed by atoms with Crippen LogP contribution in [-0.4, -0.2) is 9.49 Å². The van der Waals surface area contributed by atoms with Crippen molar-refractivity contribution in [3.8, 4) is 0 Å². The fraction of sp³-hybridized carbons (Fsp3) is 0.600. The second-order valence-corrected chi connectivity index (χ2v) is 9.97. The van der Waals surface area contributed by atoms with E-state index in [1.807, 2.05) is 0 Å². The zero-order chi connectivity index (χ0) is 15.9. The van der Waals surface area contributed by atoms with Gasteiger partial charge in [-0.1, -0.05) is 57.9 Å². The molecule has 0 amide bonds. The molecule has 133 valence electrons. The van der Waals surface area contributed by atoms with Gasteiger partial charge < -0.3 is 24.8 Å². The van der Waals surface area contributed by atoms with E-state index in [0.29, 0.717) is 0 Å². The van der Waals surface area contributed by atoms with Crippen LogP contribution in [0, 0.1) is 11.5 Å². The Morgan fingerprint density at radius 2 is 1.67 bits per heavy atom. The van der Waals surface area contributed by atoms with E-state index in [1.54, 1.807) is 0 Å². The second-order valence-electron chi connectivity index (χ2n) is 7.84. The molecule has 0 aromatic heterocycles. The summed E-state index contributed by atoms with van der Waals surface area (Å²) in [6.45, 7) is 16.3. The van der Waals surface area contributed by atoms with Crippen LogP contribution in [0.1, 0.15) is 61.3 Å². The summed E-state index contributed by atoms with van der Waals surface area (Å²) in [5, 5.41) is 0. The van der Waals surface area contributed by atoms with Crippen LogP contribution in [0.15, 0.2) is 41.0 Å². The summed E-state index contributed by atoms with van der Waals surface area (Å²) in [7, 11) is 0. The second kappa shape index (κ2) is 9.51. The molecule has 0 aliphatic heterocycles. The van der Waals surface area contributed by atoms with E-state index in [9.17, 15) is 0 Å². The topological polar surface area (TPSA) is 0 Å². The fourth-order valence-corrected chi connectivity index (χ4v) is 5.35. The van der Waals surface area contributed by atoms with Crippen molar-refractivity contribution in [2.24, 2.45) is 5.41 Å². The smallest absolute Gasteiger partial charge is 1.00 e. The molecule has 0 saturated heterocycles. The molecule has 0 saturated carbocycles. The molecule has 0 fully saturated rings. The minimum absolute atomic E-state index is 0. The first-order chi connectivity index (χ1) is 9.58. The molecule has 2 aliphatic rings. The average Bonchev–Trinajstić information content (AvgIpc) is 2.85. The molecule has 1 unspecified atom stereocenters. The molecule has 24 heavy (non-hydrogen) atoms. The molecule has 2 rings (SSSR count). The molecule has 0 heterocycles. The van der Waals surface area contributed by atoms with Gasteiger partial charge in [-0.15, -0.1) is 18.2 Å². The standard InChI is InChI=1S/C20H29S.2ClH.Ti/c1-15-12-13-20(16(2)14-15,21-18(3,4)5)19(6,7)17-10-8-9-11-17;;;/h8,10,12,14H,9,13H2,1-7H3;2*1H;/q-1;;;+3/p-2. The van der Waals surface area contributed by atoms with Gasteiger partial charge in [-0.2, -0.15) is 6.08 Å². The fourth-order valence-electron chi connectivity index (χ4n) is 3.55. The summed E-state index contributed by atoms with van der Waals surface area (Å²) in [5.74, 6) is 0. The number of rotatable bonds is 3. The zero-order valence-corrected chi connectivity index (χ0v) is 19.8. The summed E-state index contributed by atoms with van der Waals surface area (Å²) >= 11 is 2.12. The quantitative estimate of drug-likeness (QED) is 0.467. The number of hydrogen-bond donors (Lipinski definition) is 0. The third kappa shape index (κ3) is 5.30. The number of halogens is 2. The molecule has 1 radical (unpaired) electrons. The molecule has 0 bridgehead atoms. The molecule has 2 aliphatic carbocycles. The molecule has 0 nitrogen and oxygen atoms in total. The number of thioether (sulfide) groups is 1. The molecule has 0 N–H and O–H groups in total. The zero-order valence-electron chi connectivity index (χ0n) is 15.9. The normalized spacial score (nSPS) is 23.2. The van der Waals surface area contributed by atoms with Crippen molar-refractivity contribution in [3.63, 3.8) is 0 Å². The van der Waals surface area contributed by atoms with Crippen LogP contribution in [0.4, 0.5) is 0 Å². The molecule has 0 spiro atoms. The van der Waals surface area contributed by atoms with Gasteiger partial charge in [0.25, 0.3) is 0 Å². The maximum absolute atomic E-state index is 3.58. The molecular weight excluding hydrogens is 391 g/mol. The van der Waals surface area contributed by atoms with Crippen LogP contribution < -0.4 is 24.8 Å². The first kappa shape index (κ1) is 26.8. The van der Waals surface area contributed by atoms with Gasteiger partial charge in [0.1, 0.15) is 0 Å². The Balaban J connectivity index is 0. The van der Waals surface area contributed by atoms with Gasteiger partial charge in [0, 0.05) is 9.49 Å². The summed E-state index contributed by atoms with van der Waals surface area (Å²) in [6, 6.07) is 0. The van der Waals surface area contributed by atoms with E-state index in [1.165, 1.54) is 16.7 Å². The Morgan fingerprint density at radius 1 is 1.08 bits per heavy atom. The summed E-state index contributed by atoms with van der Waals surface area (Å²) < 4.78 is 0.343. The van der Waals surface area contributed by atoms with Crippen molar-refractivity contribution < 1.29 is 46.5 Å². The van der Waals surface area contributed by atoms with Crippen LogP contribution in [0.5, 0.6) is 0 Å². The van der Waals surface area contributed by atoms with Gasteiger partial charge >= 0.3 is 21.7 Å². The van der Waals surface area contributed by atoms with E-state index >= 15 is 0 Å². The third-order valence-electron chi connectivity index (χ3n) is 4.65. The third-order valence-corrected chi connectivity index (χ3v) is 6.61. The van der Waals surface area contributed by atoms with Crippen LogP contribution in [-0.2, 0) is 21.7 Å².